The van der Waals surface area contributed by atoms with Crippen LogP contribution in [0.25, 0.3) is 0 Å². The molecule has 3 nitrogen and oxygen atoms in total. The lowest BCUT2D eigenvalue weighted by Crippen LogP contribution is -2.25. The van der Waals surface area contributed by atoms with Crippen LogP contribution in [0.2, 0.25) is 0 Å². The third kappa shape index (κ3) is 3.60. The van der Waals surface area contributed by atoms with Gasteiger partial charge in [-0.25, -0.2) is 9.37 Å². The van der Waals surface area contributed by atoms with Crippen LogP contribution in [0, 0.1) is 5.82 Å². The van der Waals surface area contributed by atoms with Crippen molar-refractivity contribution in [3.63, 3.8) is 0 Å². The van der Waals surface area contributed by atoms with E-state index in [1.807, 2.05) is 0 Å². The van der Waals surface area contributed by atoms with E-state index >= 15 is 0 Å². The Morgan fingerprint density at radius 1 is 1.33 bits per heavy atom. The summed E-state index contributed by atoms with van der Waals surface area (Å²) in [6, 6.07) is 2.74. The molecule has 0 spiro atoms. The molecule has 0 saturated carbocycles. The molecule has 0 radical (unpaired) electrons. The quantitative estimate of drug-likeness (QED) is 0.830. The number of aromatic nitrogens is 2. The molecule has 0 bridgehead atoms. The molecule has 1 aromatic carbocycles. The van der Waals surface area contributed by atoms with Crippen molar-refractivity contribution in [1.82, 2.24) is 15.3 Å². The Morgan fingerprint density at radius 2 is 2.10 bits per heavy atom. The fourth-order valence-corrected chi connectivity index (χ4v) is 2.18. The van der Waals surface area contributed by atoms with E-state index in [9.17, 15) is 17.6 Å². The van der Waals surface area contributed by atoms with Crippen molar-refractivity contribution < 1.29 is 17.6 Å². The molecule has 1 atom stereocenters. The number of nitrogens with zero attached hydrogens (tertiary/aromatic N) is 1. The molecule has 7 heteroatoms. The number of benzene rings is 1. The summed E-state index contributed by atoms with van der Waals surface area (Å²) in [6.07, 6.45) is -1.28. The standard InChI is InChI=1S/C14H15F4N3/c1-2-19-11(8-12-20-6-7-21-12)9-4-3-5-10(13(9)15)14(16,17)18/h3-7,11,19H,2,8H2,1H3,(H,20,21). The van der Waals surface area contributed by atoms with Crippen LogP contribution in [0.4, 0.5) is 17.6 Å². The van der Waals surface area contributed by atoms with Gasteiger partial charge < -0.3 is 10.3 Å². The number of alkyl halides is 3. The molecule has 2 rings (SSSR count). The minimum atomic E-state index is -4.71. The Hall–Kier alpha value is -1.89. The molecule has 0 amide bonds. The highest BCUT2D eigenvalue weighted by atomic mass is 19.4. The maximum Gasteiger partial charge on any atom is 0.419 e. The molecular weight excluding hydrogens is 286 g/mol. The summed E-state index contributed by atoms with van der Waals surface area (Å²) in [4.78, 5) is 6.89. The number of imidazole rings is 1. The smallest absolute Gasteiger partial charge is 0.349 e. The van der Waals surface area contributed by atoms with Crippen LogP contribution in [-0.4, -0.2) is 16.5 Å². The van der Waals surface area contributed by atoms with Gasteiger partial charge in [-0.1, -0.05) is 19.1 Å². The van der Waals surface area contributed by atoms with Gasteiger partial charge in [0.2, 0.25) is 0 Å². The maximum absolute atomic E-state index is 14.2. The topological polar surface area (TPSA) is 40.7 Å². The zero-order chi connectivity index (χ0) is 15.5. The summed E-state index contributed by atoms with van der Waals surface area (Å²) in [5, 5.41) is 2.99. The SMILES string of the molecule is CCNC(Cc1ncc[nH]1)c1cccc(C(F)(F)F)c1F. The molecular formula is C14H15F4N3. The Kier molecular flexibility index (Phi) is 4.62. The summed E-state index contributed by atoms with van der Waals surface area (Å²) < 4.78 is 52.5. The Morgan fingerprint density at radius 3 is 2.67 bits per heavy atom. The van der Waals surface area contributed by atoms with Crippen LogP contribution >= 0.6 is 0 Å². The number of aromatic amines is 1. The predicted molar refractivity (Wildman–Crippen MR) is 70.1 cm³/mol. The lowest BCUT2D eigenvalue weighted by atomic mass is 9.99. The largest absolute Gasteiger partial charge is 0.419 e. The first-order valence-corrected chi connectivity index (χ1v) is 6.50. The maximum atomic E-state index is 14.2. The van der Waals surface area contributed by atoms with Crippen LogP contribution in [0.1, 0.15) is 29.9 Å². The van der Waals surface area contributed by atoms with Crippen LogP contribution in [0.15, 0.2) is 30.6 Å². The van der Waals surface area contributed by atoms with Gasteiger partial charge in [0.25, 0.3) is 0 Å². The van der Waals surface area contributed by atoms with Crippen molar-refractivity contribution >= 4 is 0 Å². The van der Waals surface area contributed by atoms with E-state index in [0.717, 1.165) is 6.07 Å². The van der Waals surface area contributed by atoms with E-state index in [1.165, 1.54) is 12.1 Å². The van der Waals surface area contributed by atoms with Crippen molar-refractivity contribution in [2.75, 3.05) is 6.54 Å². The molecule has 0 saturated heterocycles. The van der Waals surface area contributed by atoms with Gasteiger partial charge in [0.15, 0.2) is 0 Å². The van der Waals surface area contributed by atoms with E-state index in [-0.39, 0.29) is 12.0 Å². The zero-order valence-corrected chi connectivity index (χ0v) is 11.3. The molecule has 0 aliphatic rings. The minimum Gasteiger partial charge on any atom is -0.349 e. The molecule has 0 fully saturated rings. The number of hydrogen-bond acceptors (Lipinski definition) is 2. The molecule has 2 aromatic rings. The Labute approximate surface area is 119 Å². The van der Waals surface area contributed by atoms with E-state index in [0.29, 0.717) is 12.4 Å². The summed E-state index contributed by atoms with van der Waals surface area (Å²) in [6.45, 7) is 2.31. The number of hydrogen-bond donors (Lipinski definition) is 2. The van der Waals surface area contributed by atoms with Gasteiger partial charge in [-0.15, -0.1) is 0 Å². The molecule has 1 heterocycles. The van der Waals surface area contributed by atoms with E-state index in [4.69, 9.17) is 0 Å². The van der Waals surface area contributed by atoms with E-state index in [2.05, 4.69) is 15.3 Å². The summed E-state index contributed by atoms with van der Waals surface area (Å²) in [5.74, 6) is -0.653. The van der Waals surface area contributed by atoms with Crippen molar-refractivity contribution in [2.24, 2.45) is 0 Å². The predicted octanol–water partition coefficient (Wildman–Crippen LogP) is 3.46. The molecule has 0 aliphatic carbocycles. The third-order valence-corrected chi connectivity index (χ3v) is 3.11. The molecule has 1 unspecified atom stereocenters. The highest BCUT2D eigenvalue weighted by Gasteiger charge is 2.35. The van der Waals surface area contributed by atoms with E-state index in [1.54, 1.807) is 19.3 Å². The summed E-state index contributed by atoms with van der Waals surface area (Å²) in [7, 11) is 0. The van der Waals surface area contributed by atoms with Crippen LogP contribution in [0.3, 0.4) is 0 Å². The number of likely N-dealkylation sites (N-methyl/N-ethyl adjacent to an activating group) is 1. The summed E-state index contributed by atoms with van der Waals surface area (Å²) in [5.41, 5.74) is -1.26. The lowest BCUT2D eigenvalue weighted by Gasteiger charge is -2.20. The third-order valence-electron chi connectivity index (χ3n) is 3.11. The van der Waals surface area contributed by atoms with Gasteiger partial charge in [-0.3, -0.25) is 0 Å². The second-order valence-electron chi connectivity index (χ2n) is 4.56. The van der Waals surface area contributed by atoms with Gasteiger partial charge in [-0.2, -0.15) is 13.2 Å². The van der Waals surface area contributed by atoms with Gasteiger partial charge >= 0.3 is 6.18 Å². The molecule has 0 aliphatic heterocycles. The van der Waals surface area contributed by atoms with Gasteiger partial charge in [0.05, 0.1) is 5.56 Å². The first-order valence-electron chi connectivity index (χ1n) is 6.50. The first kappa shape index (κ1) is 15.5. The zero-order valence-electron chi connectivity index (χ0n) is 11.3. The Bertz CT molecular complexity index is 578. The molecule has 114 valence electrons. The number of rotatable bonds is 5. The normalized spacial score (nSPS) is 13.4. The monoisotopic (exact) mass is 301 g/mol. The van der Waals surface area contributed by atoms with Crippen molar-refractivity contribution in [1.29, 1.82) is 0 Å². The number of halogens is 4. The van der Waals surface area contributed by atoms with Gasteiger partial charge in [0, 0.05) is 30.4 Å². The molecule has 21 heavy (non-hydrogen) atoms. The molecule has 2 N–H and O–H groups in total. The van der Waals surface area contributed by atoms with Gasteiger partial charge in [-0.05, 0) is 12.6 Å². The van der Waals surface area contributed by atoms with Crippen molar-refractivity contribution in [2.45, 2.75) is 25.6 Å². The molecule has 1 aromatic heterocycles. The number of nitrogens with one attached hydrogen (secondary N) is 2. The van der Waals surface area contributed by atoms with E-state index < -0.39 is 23.6 Å². The lowest BCUT2D eigenvalue weighted by molar-refractivity contribution is -0.140. The van der Waals surface area contributed by atoms with Crippen LogP contribution in [-0.2, 0) is 12.6 Å². The first-order chi connectivity index (χ1) is 9.93. The second kappa shape index (κ2) is 6.26. The van der Waals surface area contributed by atoms with Crippen molar-refractivity contribution in [3.05, 3.63) is 53.4 Å². The summed E-state index contributed by atoms with van der Waals surface area (Å²) >= 11 is 0. The van der Waals surface area contributed by atoms with Crippen LogP contribution < -0.4 is 5.32 Å². The number of H-pyrrole nitrogens is 1. The average molecular weight is 301 g/mol. The fourth-order valence-electron chi connectivity index (χ4n) is 2.18. The average Bonchev–Trinajstić information content (AvgIpc) is 2.90. The van der Waals surface area contributed by atoms with Crippen molar-refractivity contribution in [3.8, 4) is 0 Å². The van der Waals surface area contributed by atoms with Gasteiger partial charge in [0.1, 0.15) is 11.6 Å². The minimum absolute atomic E-state index is 0.0110. The Balaban J connectivity index is 2.36. The highest BCUT2D eigenvalue weighted by molar-refractivity contribution is 5.31. The fraction of sp³-hybridized carbons (Fsp3) is 0.357. The second-order valence-corrected chi connectivity index (χ2v) is 4.56. The van der Waals surface area contributed by atoms with Crippen LogP contribution in [0.5, 0.6) is 0 Å². The highest BCUT2D eigenvalue weighted by Crippen LogP contribution is 2.34.